The molecular weight excluding hydrogens is 142 g/mol. The van der Waals surface area contributed by atoms with E-state index in [1.807, 2.05) is 19.3 Å². The van der Waals surface area contributed by atoms with Gasteiger partial charge >= 0.3 is 0 Å². The van der Waals surface area contributed by atoms with Crippen LogP contribution in [0, 0.1) is 11.5 Å². The summed E-state index contributed by atoms with van der Waals surface area (Å²) >= 11 is 1.63. The largest absolute Gasteiger partial charge is 0.304 e. The van der Waals surface area contributed by atoms with E-state index in [1.54, 1.807) is 11.8 Å². The average molecular weight is 152 g/mol. The fourth-order valence-electron chi connectivity index (χ4n) is 0.967. The van der Waals surface area contributed by atoms with Crippen molar-refractivity contribution in [3.05, 3.63) is 22.6 Å². The maximum Gasteiger partial charge on any atom is 0.0490 e. The van der Waals surface area contributed by atoms with E-state index in [4.69, 9.17) is 5.41 Å². The number of hydrogen-bond donors (Lipinski definition) is 1. The smallest absolute Gasteiger partial charge is 0.0490 e. The van der Waals surface area contributed by atoms with Gasteiger partial charge in [0.05, 0.1) is 0 Å². The second kappa shape index (κ2) is 3.06. The first kappa shape index (κ1) is 7.61. The van der Waals surface area contributed by atoms with Gasteiger partial charge in [-0.3, -0.25) is 0 Å². The van der Waals surface area contributed by atoms with Gasteiger partial charge in [-0.2, -0.15) is 0 Å². The quantitative estimate of drug-likeness (QED) is 0.613. The standard InChI is InChI=1S/C8H10NS/c1-6-4-3-5-7(9)8(6)10-2/h3,9H,5H2,1-2H3. The molecule has 0 fully saturated rings. The molecule has 1 N–H and O–H groups in total. The van der Waals surface area contributed by atoms with Crippen molar-refractivity contribution in [3.8, 4) is 0 Å². The molecular formula is C8H10NS. The molecule has 1 aliphatic carbocycles. The van der Waals surface area contributed by atoms with Crippen molar-refractivity contribution < 1.29 is 0 Å². The molecule has 0 heterocycles. The van der Waals surface area contributed by atoms with Crippen LogP contribution in [0.2, 0.25) is 0 Å². The molecule has 0 spiro atoms. The minimum absolute atomic E-state index is 0.726. The minimum Gasteiger partial charge on any atom is -0.304 e. The molecule has 53 valence electrons. The summed E-state index contributed by atoms with van der Waals surface area (Å²) in [6.45, 7) is 2.00. The van der Waals surface area contributed by atoms with Gasteiger partial charge in [-0.1, -0.05) is 6.08 Å². The van der Waals surface area contributed by atoms with Gasteiger partial charge in [-0.05, 0) is 24.8 Å². The number of nitrogens with one attached hydrogen (secondary N) is 1. The van der Waals surface area contributed by atoms with Crippen molar-refractivity contribution in [3.63, 3.8) is 0 Å². The van der Waals surface area contributed by atoms with Crippen LogP contribution >= 0.6 is 11.8 Å². The van der Waals surface area contributed by atoms with E-state index in [-0.39, 0.29) is 0 Å². The van der Waals surface area contributed by atoms with Crippen molar-refractivity contribution >= 4 is 17.5 Å². The Morgan fingerprint density at radius 3 is 2.80 bits per heavy atom. The van der Waals surface area contributed by atoms with Crippen LogP contribution in [0.25, 0.3) is 0 Å². The van der Waals surface area contributed by atoms with Crippen molar-refractivity contribution in [2.24, 2.45) is 0 Å². The van der Waals surface area contributed by atoms with Crippen LogP contribution in [0.4, 0.5) is 0 Å². The lowest BCUT2D eigenvalue weighted by Gasteiger charge is -2.10. The minimum atomic E-state index is 0.726. The Morgan fingerprint density at radius 1 is 1.70 bits per heavy atom. The van der Waals surface area contributed by atoms with Crippen LogP contribution in [-0.4, -0.2) is 12.0 Å². The lowest BCUT2D eigenvalue weighted by molar-refractivity contribution is 1.29. The molecule has 0 aliphatic heterocycles. The first-order valence-corrected chi connectivity index (χ1v) is 4.39. The normalized spacial score (nSPS) is 18.4. The number of rotatable bonds is 1. The SMILES string of the molecule is CSC1=C(C)[C]=CCC1=N. The molecule has 0 bridgehead atoms. The summed E-state index contributed by atoms with van der Waals surface area (Å²) in [6, 6.07) is 0. The number of allylic oxidation sites excluding steroid dienone is 4. The molecule has 1 radical (unpaired) electrons. The molecule has 0 amide bonds. The predicted octanol–water partition coefficient (Wildman–Crippen LogP) is 2.41. The molecule has 1 rings (SSSR count). The molecule has 1 aliphatic rings. The van der Waals surface area contributed by atoms with Gasteiger partial charge in [0.25, 0.3) is 0 Å². The molecule has 0 aromatic carbocycles. The van der Waals surface area contributed by atoms with Gasteiger partial charge in [-0.15, -0.1) is 11.8 Å². The van der Waals surface area contributed by atoms with Gasteiger partial charge in [0.2, 0.25) is 0 Å². The van der Waals surface area contributed by atoms with E-state index in [1.165, 1.54) is 0 Å². The van der Waals surface area contributed by atoms with E-state index in [0.717, 1.165) is 22.6 Å². The van der Waals surface area contributed by atoms with E-state index in [2.05, 4.69) is 6.08 Å². The Balaban J connectivity index is 2.94. The maximum atomic E-state index is 7.53. The van der Waals surface area contributed by atoms with Gasteiger partial charge < -0.3 is 5.41 Å². The second-order valence-corrected chi connectivity index (χ2v) is 3.01. The fraction of sp³-hybridized carbons (Fsp3) is 0.375. The number of thioether (sulfide) groups is 1. The number of hydrogen-bond acceptors (Lipinski definition) is 2. The molecule has 0 unspecified atom stereocenters. The first-order chi connectivity index (χ1) is 4.75. The first-order valence-electron chi connectivity index (χ1n) is 3.16. The van der Waals surface area contributed by atoms with Crippen LogP contribution < -0.4 is 0 Å². The Labute approximate surface area is 65.7 Å². The van der Waals surface area contributed by atoms with Crippen LogP contribution in [0.5, 0.6) is 0 Å². The molecule has 1 nitrogen and oxygen atoms in total. The molecule has 0 saturated carbocycles. The van der Waals surface area contributed by atoms with Crippen molar-refractivity contribution in [2.45, 2.75) is 13.3 Å². The Morgan fingerprint density at radius 2 is 2.40 bits per heavy atom. The Hall–Kier alpha value is -0.500. The average Bonchev–Trinajstić information content (AvgIpc) is 1.88. The molecule has 10 heavy (non-hydrogen) atoms. The van der Waals surface area contributed by atoms with E-state index >= 15 is 0 Å². The monoisotopic (exact) mass is 152 g/mol. The maximum absolute atomic E-state index is 7.53. The van der Waals surface area contributed by atoms with E-state index in [0.29, 0.717) is 0 Å². The topological polar surface area (TPSA) is 23.9 Å². The van der Waals surface area contributed by atoms with Gasteiger partial charge in [0.15, 0.2) is 0 Å². The third-order valence-corrected chi connectivity index (χ3v) is 2.40. The highest BCUT2D eigenvalue weighted by molar-refractivity contribution is 8.03. The summed E-state index contributed by atoms with van der Waals surface area (Å²) < 4.78 is 0. The van der Waals surface area contributed by atoms with Crippen molar-refractivity contribution in [2.75, 3.05) is 6.26 Å². The van der Waals surface area contributed by atoms with Crippen molar-refractivity contribution in [1.82, 2.24) is 0 Å². The summed E-state index contributed by atoms with van der Waals surface area (Å²) in [5.74, 6) is 0. The third-order valence-electron chi connectivity index (χ3n) is 1.44. The van der Waals surface area contributed by atoms with Crippen molar-refractivity contribution in [1.29, 1.82) is 5.41 Å². The molecule has 0 saturated heterocycles. The summed E-state index contributed by atoms with van der Waals surface area (Å²) in [6.07, 6.45) is 7.76. The van der Waals surface area contributed by atoms with Crippen LogP contribution in [0.15, 0.2) is 16.6 Å². The molecule has 0 atom stereocenters. The highest BCUT2D eigenvalue weighted by Crippen LogP contribution is 2.23. The van der Waals surface area contributed by atoms with Gasteiger partial charge in [0.1, 0.15) is 0 Å². The summed E-state index contributed by atoms with van der Waals surface area (Å²) in [7, 11) is 0. The highest BCUT2D eigenvalue weighted by atomic mass is 32.2. The third kappa shape index (κ3) is 1.32. The van der Waals surface area contributed by atoms with E-state index in [9.17, 15) is 0 Å². The molecule has 0 aromatic rings. The van der Waals surface area contributed by atoms with Crippen LogP contribution in [-0.2, 0) is 0 Å². The second-order valence-electron chi connectivity index (χ2n) is 2.19. The van der Waals surface area contributed by atoms with Gasteiger partial charge in [-0.25, -0.2) is 0 Å². The lowest BCUT2D eigenvalue weighted by atomic mass is 10.1. The Bertz CT molecular complexity index is 213. The molecule has 2 heteroatoms. The summed E-state index contributed by atoms with van der Waals surface area (Å²) in [5, 5.41) is 7.53. The van der Waals surface area contributed by atoms with Gasteiger partial charge in [0, 0.05) is 17.0 Å². The zero-order valence-electron chi connectivity index (χ0n) is 6.19. The van der Waals surface area contributed by atoms with E-state index < -0.39 is 0 Å². The summed E-state index contributed by atoms with van der Waals surface area (Å²) in [4.78, 5) is 1.09. The van der Waals surface area contributed by atoms with Crippen LogP contribution in [0.3, 0.4) is 0 Å². The molecule has 0 aromatic heterocycles. The highest BCUT2D eigenvalue weighted by Gasteiger charge is 2.08. The fourth-order valence-corrected chi connectivity index (χ4v) is 1.66. The van der Waals surface area contributed by atoms with Crippen LogP contribution in [0.1, 0.15) is 13.3 Å². The zero-order valence-corrected chi connectivity index (χ0v) is 7.01. The Kier molecular flexibility index (Phi) is 2.33. The predicted molar refractivity (Wildman–Crippen MR) is 46.4 cm³/mol. The lowest BCUT2D eigenvalue weighted by Crippen LogP contribution is -2.02. The summed E-state index contributed by atoms with van der Waals surface area (Å²) in [5.41, 5.74) is 1.83. The zero-order chi connectivity index (χ0) is 7.56.